The van der Waals surface area contributed by atoms with Crippen LogP contribution in [0.15, 0.2) is 95.3 Å². The number of amides is 1. The molecule has 0 bridgehead atoms. The Morgan fingerprint density at radius 3 is 2.29 bits per heavy atom. The van der Waals surface area contributed by atoms with Crippen LogP contribution in [0.5, 0.6) is 0 Å². The fourth-order valence-corrected chi connectivity index (χ4v) is 4.39. The van der Waals surface area contributed by atoms with Crippen molar-refractivity contribution in [3.05, 3.63) is 101 Å². The van der Waals surface area contributed by atoms with E-state index in [2.05, 4.69) is 19.2 Å². The van der Waals surface area contributed by atoms with Crippen LogP contribution in [0.3, 0.4) is 0 Å². The number of benzene rings is 2. The molecule has 35 heavy (non-hydrogen) atoms. The highest BCUT2D eigenvalue weighted by Gasteiger charge is 2.47. The van der Waals surface area contributed by atoms with Gasteiger partial charge in [-0.05, 0) is 30.0 Å². The van der Waals surface area contributed by atoms with Crippen LogP contribution < -0.4 is 5.32 Å². The molecule has 5 nitrogen and oxygen atoms in total. The van der Waals surface area contributed by atoms with Crippen molar-refractivity contribution in [2.45, 2.75) is 45.1 Å². The maximum Gasteiger partial charge on any atom is 0.263 e. The van der Waals surface area contributed by atoms with Crippen LogP contribution in [0.25, 0.3) is 6.08 Å². The van der Waals surface area contributed by atoms with Gasteiger partial charge in [0.15, 0.2) is 11.3 Å². The third kappa shape index (κ3) is 5.19. The summed E-state index contributed by atoms with van der Waals surface area (Å²) in [6, 6.07) is 19.6. The molecular weight excluding hydrogens is 434 g/mol. The molecule has 5 heteroatoms. The van der Waals surface area contributed by atoms with Gasteiger partial charge in [-0.25, -0.2) is 0 Å². The second-order valence-corrected chi connectivity index (χ2v) is 8.92. The van der Waals surface area contributed by atoms with Crippen LogP contribution in [-0.4, -0.2) is 35.4 Å². The fraction of sp³-hybridized carbons (Fsp3) is 0.300. The van der Waals surface area contributed by atoms with Gasteiger partial charge in [0.25, 0.3) is 5.91 Å². The molecule has 1 aliphatic carbocycles. The zero-order valence-electron chi connectivity index (χ0n) is 20.5. The Morgan fingerprint density at radius 2 is 1.60 bits per heavy atom. The van der Waals surface area contributed by atoms with E-state index < -0.39 is 5.54 Å². The summed E-state index contributed by atoms with van der Waals surface area (Å²) in [5, 5.41) is 3.41. The van der Waals surface area contributed by atoms with Crippen LogP contribution in [0.4, 0.5) is 0 Å². The first-order chi connectivity index (χ1) is 17.1. The second-order valence-electron chi connectivity index (χ2n) is 8.92. The van der Waals surface area contributed by atoms with E-state index in [9.17, 15) is 9.59 Å². The first-order valence-corrected chi connectivity index (χ1v) is 12.5. The Hall–Kier alpha value is -3.73. The minimum atomic E-state index is -1.23. The number of nitrogens with one attached hydrogen (secondary N) is 1. The van der Waals surface area contributed by atoms with Gasteiger partial charge in [0.2, 0.25) is 0 Å². The number of rotatable bonds is 10. The molecule has 2 aromatic rings. The standard InChI is InChI=1S/C30H33N3O2/c1-3-5-19-31-26-21-25(34)22-27-28(26)32-30(24-15-11-8-12-16-24,29(35)33(27)20-6-4-2)18-17-23-13-9-7-10-14-23/h7-18,21-22,31H,3-6,19-20H2,1-2H3/b18-17+/t30-/m0/s1. The van der Waals surface area contributed by atoms with Crippen LogP contribution in [0.1, 0.15) is 50.7 Å². The first kappa shape index (κ1) is 24.4. The van der Waals surface area contributed by atoms with Gasteiger partial charge in [-0.15, -0.1) is 0 Å². The van der Waals surface area contributed by atoms with E-state index in [1.165, 1.54) is 0 Å². The summed E-state index contributed by atoms with van der Waals surface area (Å²) in [6.07, 6.45) is 10.8. The maximum absolute atomic E-state index is 14.3. The number of ketones is 1. The fourth-order valence-electron chi connectivity index (χ4n) is 4.39. The van der Waals surface area contributed by atoms with Gasteiger partial charge in [0.05, 0.1) is 11.4 Å². The largest absolute Gasteiger partial charge is 0.383 e. The van der Waals surface area contributed by atoms with Crippen molar-refractivity contribution < 1.29 is 9.59 Å². The number of carbonyl (C=O) groups is 2. The predicted octanol–water partition coefficient (Wildman–Crippen LogP) is 5.42. The number of nitrogens with zero attached hydrogens (tertiary/aromatic N) is 2. The maximum atomic E-state index is 14.3. The van der Waals surface area contributed by atoms with Gasteiger partial charge >= 0.3 is 0 Å². The highest BCUT2D eigenvalue weighted by molar-refractivity contribution is 6.25. The highest BCUT2D eigenvalue weighted by Crippen LogP contribution is 2.39. The molecule has 0 saturated heterocycles. The van der Waals surface area contributed by atoms with Crippen LogP contribution >= 0.6 is 0 Å². The molecule has 4 rings (SSSR count). The molecule has 0 unspecified atom stereocenters. The van der Waals surface area contributed by atoms with Crippen molar-refractivity contribution in [2.75, 3.05) is 13.1 Å². The topological polar surface area (TPSA) is 61.8 Å². The average molecular weight is 468 g/mol. The third-order valence-electron chi connectivity index (χ3n) is 6.32. The molecule has 1 amide bonds. The number of hydrogen-bond acceptors (Lipinski definition) is 4. The normalized spacial score (nSPS) is 19.8. The van der Waals surface area contributed by atoms with Crippen LogP contribution in [0, 0.1) is 0 Å². The Bertz CT molecular complexity index is 1180. The summed E-state index contributed by atoms with van der Waals surface area (Å²) in [4.78, 5) is 33.8. The summed E-state index contributed by atoms with van der Waals surface area (Å²) >= 11 is 0. The Kier molecular flexibility index (Phi) is 7.76. The van der Waals surface area contributed by atoms with Crippen molar-refractivity contribution in [2.24, 2.45) is 4.99 Å². The summed E-state index contributed by atoms with van der Waals surface area (Å²) in [5.74, 6) is -0.263. The van der Waals surface area contributed by atoms with Gasteiger partial charge in [0, 0.05) is 25.2 Å². The number of hydrogen-bond donors (Lipinski definition) is 1. The van der Waals surface area contributed by atoms with Gasteiger partial charge in [-0.3, -0.25) is 14.6 Å². The molecule has 0 radical (unpaired) electrons. The number of aliphatic imine (C=N–C) groups is 1. The summed E-state index contributed by atoms with van der Waals surface area (Å²) in [6.45, 7) is 5.50. The molecule has 1 heterocycles. The lowest BCUT2D eigenvalue weighted by molar-refractivity contribution is -0.133. The smallest absolute Gasteiger partial charge is 0.263 e. The Labute approximate surface area is 208 Å². The zero-order valence-corrected chi connectivity index (χ0v) is 20.5. The van der Waals surface area contributed by atoms with Crippen molar-refractivity contribution >= 4 is 23.5 Å². The van der Waals surface area contributed by atoms with E-state index in [1.807, 2.05) is 72.8 Å². The zero-order chi connectivity index (χ0) is 24.7. The molecule has 0 saturated carbocycles. The molecule has 1 N–H and O–H groups in total. The SMILES string of the molecule is CCCCNC1=CC(=O)C=C2C1=N[C@@](/C=C/c1ccccc1)(c1ccccc1)C(=O)N2CCCC. The first-order valence-electron chi connectivity index (χ1n) is 12.5. The summed E-state index contributed by atoms with van der Waals surface area (Å²) in [5.41, 5.74) is 2.50. The van der Waals surface area contributed by atoms with Crippen LogP contribution in [-0.2, 0) is 15.1 Å². The van der Waals surface area contributed by atoms with Crippen LogP contribution in [0.2, 0.25) is 0 Å². The lowest BCUT2D eigenvalue weighted by Crippen LogP contribution is -2.52. The molecule has 0 spiro atoms. The number of fused-ring (bicyclic) bond motifs is 1. The number of carbonyl (C=O) groups excluding carboxylic acids is 2. The van der Waals surface area contributed by atoms with Crippen molar-refractivity contribution in [1.82, 2.24) is 10.2 Å². The molecule has 0 fully saturated rings. The quantitative estimate of drug-likeness (QED) is 0.375. The van der Waals surface area contributed by atoms with E-state index in [0.29, 0.717) is 23.7 Å². The molecule has 180 valence electrons. The molecule has 2 aliphatic rings. The van der Waals surface area contributed by atoms with Gasteiger partial charge in [0.1, 0.15) is 5.71 Å². The van der Waals surface area contributed by atoms with E-state index in [1.54, 1.807) is 17.1 Å². The van der Waals surface area contributed by atoms with Gasteiger partial charge in [-0.2, -0.15) is 0 Å². The lowest BCUT2D eigenvalue weighted by atomic mass is 9.84. The molecule has 0 aromatic heterocycles. The van der Waals surface area contributed by atoms with Gasteiger partial charge in [-0.1, -0.05) is 93.4 Å². The van der Waals surface area contributed by atoms with E-state index >= 15 is 0 Å². The Balaban J connectivity index is 1.90. The van der Waals surface area contributed by atoms with Crippen molar-refractivity contribution in [1.29, 1.82) is 0 Å². The number of unbranched alkanes of at least 4 members (excludes halogenated alkanes) is 2. The molecular formula is C30H33N3O2. The lowest BCUT2D eigenvalue weighted by Gasteiger charge is -2.41. The third-order valence-corrected chi connectivity index (χ3v) is 6.32. The Morgan fingerprint density at radius 1 is 0.914 bits per heavy atom. The number of allylic oxidation sites excluding steroid dienone is 2. The molecule has 2 aromatic carbocycles. The highest BCUT2D eigenvalue weighted by atomic mass is 16.2. The minimum absolute atomic E-state index is 0.126. The van der Waals surface area contributed by atoms with Gasteiger partial charge < -0.3 is 10.2 Å². The monoisotopic (exact) mass is 467 g/mol. The van der Waals surface area contributed by atoms with E-state index in [0.717, 1.165) is 43.4 Å². The van der Waals surface area contributed by atoms with Crippen molar-refractivity contribution in [3.8, 4) is 0 Å². The molecule has 1 aliphatic heterocycles. The predicted molar refractivity (Wildman–Crippen MR) is 142 cm³/mol. The summed E-state index contributed by atoms with van der Waals surface area (Å²) < 4.78 is 0. The molecule has 1 atom stereocenters. The van der Waals surface area contributed by atoms with E-state index in [4.69, 9.17) is 4.99 Å². The van der Waals surface area contributed by atoms with Crippen molar-refractivity contribution in [3.63, 3.8) is 0 Å². The second kappa shape index (κ2) is 11.1. The van der Waals surface area contributed by atoms with E-state index in [-0.39, 0.29) is 11.7 Å². The summed E-state index contributed by atoms with van der Waals surface area (Å²) in [7, 11) is 0. The minimum Gasteiger partial charge on any atom is -0.383 e. The average Bonchev–Trinajstić information content (AvgIpc) is 2.89.